The molecule has 2 saturated carbocycles. The van der Waals surface area contributed by atoms with E-state index in [-0.39, 0.29) is 0 Å². The standard InChI is InChI=1S/C14H25NO3/c1-13(2,3)18-12(16)15-9-14(17)7-10-4-5-11(6-10)8-14/h10-11,17H,4-9H2,1-3H3,(H,15,16). The lowest BCUT2D eigenvalue weighted by molar-refractivity contribution is -0.0223. The number of fused-ring (bicyclic) bond motifs is 2. The maximum Gasteiger partial charge on any atom is 0.407 e. The van der Waals surface area contributed by atoms with E-state index in [1.807, 2.05) is 20.8 Å². The van der Waals surface area contributed by atoms with Crippen LogP contribution in [0.2, 0.25) is 0 Å². The second-order valence-corrected chi connectivity index (χ2v) is 7.03. The van der Waals surface area contributed by atoms with Gasteiger partial charge in [0.15, 0.2) is 0 Å². The fourth-order valence-corrected chi connectivity index (χ4v) is 3.40. The summed E-state index contributed by atoms with van der Waals surface area (Å²) in [4.78, 5) is 11.6. The van der Waals surface area contributed by atoms with Gasteiger partial charge in [0.2, 0.25) is 0 Å². The van der Waals surface area contributed by atoms with E-state index in [4.69, 9.17) is 4.74 Å². The molecule has 2 aliphatic rings. The molecule has 2 fully saturated rings. The minimum atomic E-state index is -0.721. The monoisotopic (exact) mass is 255 g/mol. The molecule has 2 rings (SSSR count). The summed E-state index contributed by atoms with van der Waals surface area (Å²) in [7, 11) is 0. The number of rotatable bonds is 2. The molecule has 1 amide bonds. The highest BCUT2D eigenvalue weighted by atomic mass is 16.6. The van der Waals surface area contributed by atoms with Crippen molar-refractivity contribution < 1.29 is 14.6 Å². The molecule has 0 radical (unpaired) electrons. The summed E-state index contributed by atoms with van der Waals surface area (Å²) in [5.74, 6) is 1.29. The van der Waals surface area contributed by atoms with Crippen LogP contribution in [-0.2, 0) is 4.74 Å². The van der Waals surface area contributed by atoms with Crippen LogP contribution in [0.5, 0.6) is 0 Å². The zero-order valence-corrected chi connectivity index (χ0v) is 11.7. The number of nitrogens with one attached hydrogen (secondary N) is 1. The molecule has 0 saturated heterocycles. The smallest absolute Gasteiger partial charge is 0.407 e. The quantitative estimate of drug-likeness (QED) is 0.797. The predicted octanol–water partition coefficient (Wildman–Crippen LogP) is 2.45. The minimum absolute atomic E-state index is 0.314. The van der Waals surface area contributed by atoms with Gasteiger partial charge in [-0.1, -0.05) is 12.8 Å². The van der Waals surface area contributed by atoms with Gasteiger partial charge in [0, 0.05) is 6.54 Å². The first-order valence-corrected chi connectivity index (χ1v) is 6.95. The molecule has 2 atom stereocenters. The summed E-state index contributed by atoms with van der Waals surface area (Å²) >= 11 is 0. The van der Waals surface area contributed by atoms with Crippen molar-refractivity contribution in [2.24, 2.45) is 11.8 Å². The number of ether oxygens (including phenoxy) is 1. The van der Waals surface area contributed by atoms with E-state index in [1.165, 1.54) is 19.3 Å². The van der Waals surface area contributed by atoms with E-state index in [2.05, 4.69) is 5.32 Å². The zero-order valence-electron chi connectivity index (χ0n) is 11.7. The van der Waals surface area contributed by atoms with E-state index in [1.54, 1.807) is 0 Å². The minimum Gasteiger partial charge on any atom is -0.444 e. The maximum absolute atomic E-state index is 11.6. The Morgan fingerprint density at radius 1 is 1.33 bits per heavy atom. The first kappa shape index (κ1) is 13.7. The fourth-order valence-electron chi connectivity index (χ4n) is 3.40. The molecule has 4 nitrogen and oxygen atoms in total. The molecule has 2 N–H and O–H groups in total. The summed E-state index contributed by atoms with van der Waals surface area (Å²) in [6, 6.07) is 0. The van der Waals surface area contributed by atoms with Crippen LogP contribution in [0.15, 0.2) is 0 Å². The van der Waals surface area contributed by atoms with Crippen molar-refractivity contribution in [1.82, 2.24) is 5.32 Å². The number of carbonyl (C=O) groups excluding carboxylic acids is 1. The Labute approximate surface area is 109 Å². The molecule has 0 aromatic carbocycles. The van der Waals surface area contributed by atoms with Crippen molar-refractivity contribution in [3.63, 3.8) is 0 Å². The van der Waals surface area contributed by atoms with Gasteiger partial charge >= 0.3 is 6.09 Å². The molecule has 0 heterocycles. The third-order valence-electron chi connectivity index (χ3n) is 3.95. The van der Waals surface area contributed by atoms with Gasteiger partial charge in [0.25, 0.3) is 0 Å². The Morgan fingerprint density at radius 3 is 2.39 bits per heavy atom. The van der Waals surface area contributed by atoms with Gasteiger partial charge < -0.3 is 15.2 Å². The number of alkyl carbamates (subject to hydrolysis) is 1. The predicted molar refractivity (Wildman–Crippen MR) is 69.3 cm³/mol. The highest BCUT2D eigenvalue weighted by Gasteiger charge is 2.42. The van der Waals surface area contributed by atoms with Gasteiger partial charge in [-0.2, -0.15) is 0 Å². The van der Waals surface area contributed by atoms with Crippen LogP contribution in [0.3, 0.4) is 0 Å². The third-order valence-corrected chi connectivity index (χ3v) is 3.95. The number of carbonyl (C=O) groups is 1. The summed E-state index contributed by atoms with van der Waals surface area (Å²) < 4.78 is 5.18. The molecule has 2 aliphatic carbocycles. The number of aliphatic hydroxyl groups is 1. The lowest BCUT2D eigenvalue weighted by Crippen LogP contribution is -2.47. The van der Waals surface area contributed by atoms with E-state index in [0.717, 1.165) is 12.8 Å². The van der Waals surface area contributed by atoms with Crippen molar-refractivity contribution >= 4 is 6.09 Å². The van der Waals surface area contributed by atoms with Crippen LogP contribution in [0.25, 0.3) is 0 Å². The Balaban J connectivity index is 1.81. The molecule has 0 spiro atoms. The molecule has 2 bridgehead atoms. The molecule has 0 aromatic heterocycles. The first-order valence-electron chi connectivity index (χ1n) is 6.95. The summed E-state index contributed by atoms with van der Waals surface area (Å²) in [5.41, 5.74) is -1.21. The van der Waals surface area contributed by atoms with Crippen LogP contribution in [0.1, 0.15) is 52.9 Å². The lowest BCUT2D eigenvalue weighted by Gasteiger charge is -2.36. The highest BCUT2D eigenvalue weighted by Crippen LogP contribution is 2.46. The van der Waals surface area contributed by atoms with Crippen molar-refractivity contribution in [3.05, 3.63) is 0 Å². The molecule has 18 heavy (non-hydrogen) atoms. The second kappa shape index (κ2) is 4.72. The van der Waals surface area contributed by atoms with Crippen LogP contribution in [-0.4, -0.2) is 28.9 Å². The van der Waals surface area contributed by atoms with Crippen LogP contribution >= 0.6 is 0 Å². The SMILES string of the molecule is CC(C)(C)OC(=O)NCC1(O)CC2CCC(C2)C1. The van der Waals surface area contributed by atoms with Crippen LogP contribution < -0.4 is 5.32 Å². The lowest BCUT2D eigenvalue weighted by atomic mass is 9.77. The molecule has 0 aromatic rings. The average molecular weight is 255 g/mol. The van der Waals surface area contributed by atoms with E-state index < -0.39 is 17.3 Å². The molecule has 0 aliphatic heterocycles. The van der Waals surface area contributed by atoms with Gasteiger partial charge in [-0.05, 0) is 51.9 Å². The summed E-state index contributed by atoms with van der Waals surface area (Å²) in [6.07, 6.45) is 4.93. The Hall–Kier alpha value is -0.770. The highest BCUT2D eigenvalue weighted by molar-refractivity contribution is 5.67. The topological polar surface area (TPSA) is 58.6 Å². The van der Waals surface area contributed by atoms with E-state index in [0.29, 0.717) is 18.4 Å². The third kappa shape index (κ3) is 3.61. The van der Waals surface area contributed by atoms with Crippen molar-refractivity contribution in [2.45, 2.75) is 64.1 Å². The van der Waals surface area contributed by atoms with Crippen molar-refractivity contribution in [2.75, 3.05) is 6.54 Å². The Bertz CT molecular complexity index is 309. The zero-order chi connectivity index (χ0) is 13.4. The molecular formula is C14H25NO3. The summed E-state index contributed by atoms with van der Waals surface area (Å²) in [6.45, 7) is 5.82. The molecule has 104 valence electrons. The van der Waals surface area contributed by atoms with Crippen molar-refractivity contribution in [1.29, 1.82) is 0 Å². The van der Waals surface area contributed by atoms with Gasteiger partial charge in [0.1, 0.15) is 5.60 Å². The fraction of sp³-hybridized carbons (Fsp3) is 0.929. The second-order valence-electron chi connectivity index (χ2n) is 7.03. The maximum atomic E-state index is 11.6. The van der Waals surface area contributed by atoms with Gasteiger partial charge in [0.05, 0.1) is 5.60 Å². The normalized spacial score (nSPS) is 35.3. The van der Waals surface area contributed by atoms with Gasteiger partial charge in [-0.25, -0.2) is 4.79 Å². The number of amides is 1. The molecule has 4 heteroatoms. The van der Waals surface area contributed by atoms with E-state index >= 15 is 0 Å². The van der Waals surface area contributed by atoms with Crippen molar-refractivity contribution in [3.8, 4) is 0 Å². The first-order chi connectivity index (χ1) is 8.26. The van der Waals surface area contributed by atoms with Crippen LogP contribution in [0.4, 0.5) is 4.79 Å². The Morgan fingerprint density at radius 2 is 1.89 bits per heavy atom. The largest absolute Gasteiger partial charge is 0.444 e. The molecular weight excluding hydrogens is 230 g/mol. The summed E-state index contributed by atoms with van der Waals surface area (Å²) in [5, 5.41) is 13.2. The van der Waals surface area contributed by atoms with Gasteiger partial charge in [-0.3, -0.25) is 0 Å². The number of hydrogen-bond donors (Lipinski definition) is 2. The molecule has 2 unspecified atom stereocenters. The average Bonchev–Trinajstić information content (AvgIpc) is 2.54. The van der Waals surface area contributed by atoms with Crippen LogP contribution in [0, 0.1) is 11.8 Å². The number of hydrogen-bond acceptors (Lipinski definition) is 3. The van der Waals surface area contributed by atoms with E-state index in [9.17, 15) is 9.90 Å². The van der Waals surface area contributed by atoms with Gasteiger partial charge in [-0.15, -0.1) is 0 Å². The Kier molecular flexibility index (Phi) is 3.58.